The quantitative estimate of drug-likeness (QED) is 0.507. The Bertz CT molecular complexity index is 1190. The molecule has 0 aliphatic carbocycles. The van der Waals surface area contributed by atoms with E-state index in [1.54, 1.807) is 12.1 Å². The lowest BCUT2D eigenvalue weighted by molar-refractivity contribution is -0.145. The third kappa shape index (κ3) is 5.74. The van der Waals surface area contributed by atoms with Crippen molar-refractivity contribution >= 4 is 0 Å². The van der Waals surface area contributed by atoms with Gasteiger partial charge in [-0.15, -0.1) is 0 Å². The molecule has 3 rings (SSSR count). The monoisotopic (exact) mass is 457 g/mol. The lowest BCUT2D eigenvalue weighted by Gasteiger charge is -2.15. The molecule has 0 fully saturated rings. The third-order valence-electron chi connectivity index (χ3n) is 5.55. The molecule has 0 aliphatic rings. The summed E-state index contributed by atoms with van der Waals surface area (Å²) in [6, 6.07) is 16.7. The van der Waals surface area contributed by atoms with Crippen LogP contribution in [0.25, 0.3) is 11.1 Å². The van der Waals surface area contributed by atoms with Gasteiger partial charge in [0.25, 0.3) is 5.56 Å². The summed E-state index contributed by atoms with van der Waals surface area (Å²) in [6.45, 7) is 0.138. The minimum absolute atomic E-state index is 0.0751. The first-order valence-corrected chi connectivity index (χ1v) is 10.9. The zero-order valence-corrected chi connectivity index (χ0v) is 18.4. The van der Waals surface area contributed by atoms with Crippen LogP contribution in [0.5, 0.6) is 0 Å². The summed E-state index contributed by atoms with van der Waals surface area (Å²) >= 11 is 0. The van der Waals surface area contributed by atoms with Crippen molar-refractivity contribution in [3.05, 3.63) is 81.3 Å². The van der Waals surface area contributed by atoms with Crippen molar-refractivity contribution in [3.63, 3.8) is 0 Å². The molecule has 1 heterocycles. The van der Waals surface area contributed by atoms with Crippen LogP contribution in [0.3, 0.4) is 0 Å². The molecule has 0 atom stereocenters. The predicted octanol–water partition coefficient (Wildman–Crippen LogP) is 4.68. The highest BCUT2D eigenvalue weighted by molar-refractivity contribution is 5.70. The van der Waals surface area contributed by atoms with E-state index >= 15 is 0 Å². The third-order valence-corrected chi connectivity index (χ3v) is 5.55. The molecular formula is C25H26F3N3O2. The fourth-order valence-electron chi connectivity index (χ4n) is 4.01. The van der Waals surface area contributed by atoms with Gasteiger partial charge in [-0.25, -0.2) is 4.68 Å². The molecule has 8 heteroatoms. The van der Waals surface area contributed by atoms with Crippen LogP contribution < -0.4 is 5.56 Å². The maximum atomic E-state index is 13.2. The highest BCUT2D eigenvalue weighted by atomic mass is 19.4. The molecule has 1 aromatic heterocycles. The average Bonchev–Trinajstić information content (AvgIpc) is 3.02. The standard InChI is InChI=1S/C25H26F3N3O2/c1-2-3-8-23-22(24(33)31(17-25(26,27)28)30(23)13-14-32)15-18-9-11-19(12-10-18)21-7-5-4-6-20(21)16-29/h4-7,9-12,32H,2-3,8,13-15,17H2,1H3. The van der Waals surface area contributed by atoms with Crippen molar-refractivity contribution < 1.29 is 18.3 Å². The number of nitrogens with zero attached hydrogens (tertiary/aromatic N) is 3. The zero-order chi connectivity index (χ0) is 24.0. The van der Waals surface area contributed by atoms with Crippen molar-refractivity contribution in [2.24, 2.45) is 0 Å². The lowest BCUT2D eigenvalue weighted by atomic mass is 9.97. The van der Waals surface area contributed by atoms with Crippen LogP contribution in [0.15, 0.2) is 53.3 Å². The average molecular weight is 457 g/mol. The van der Waals surface area contributed by atoms with E-state index in [2.05, 4.69) is 6.07 Å². The van der Waals surface area contributed by atoms with Gasteiger partial charge in [0, 0.05) is 17.7 Å². The maximum Gasteiger partial charge on any atom is 0.408 e. The number of aliphatic hydroxyl groups excluding tert-OH is 1. The molecule has 174 valence electrons. The first-order chi connectivity index (χ1) is 15.8. The van der Waals surface area contributed by atoms with Crippen LogP contribution in [0.2, 0.25) is 0 Å². The number of benzene rings is 2. The van der Waals surface area contributed by atoms with Crippen molar-refractivity contribution in [1.82, 2.24) is 9.36 Å². The fourth-order valence-corrected chi connectivity index (χ4v) is 4.01. The second-order valence-electron chi connectivity index (χ2n) is 7.88. The first kappa shape index (κ1) is 24.3. The zero-order valence-electron chi connectivity index (χ0n) is 18.4. The number of aromatic nitrogens is 2. The normalized spacial score (nSPS) is 11.5. The Balaban J connectivity index is 2.00. The van der Waals surface area contributed by atoms with Crippen molar-refractivity contribution in [1.29, 1.82) is 5.26 Å². The summed E-state index contributed by atoms with van der Waals surface area (Å²) in [7, 11) is 0. The largest absolute Gasteiger partial charge is 0.408 e. The van der Waals surface area contributed by atoms with E-state index in [-0.39, 0.29) is 19.6 Å². The van der Waals surface area contributed by atoms with E-state index in [1.165, 1.54) is 4.68 Å². The van der Waals surface area contributed by atoms with Gasteiger partial charge in [0.2, 0.25) is 0 Å². The maximum absolute atomic E-state index is 13.2. The van der Waals surface area contributed by atoms with E-state index in [9.17, 15) is 28.3 Å². The second kappa shape index (κ2) is 10.5. The number of alkyl halides is 3. The fraction of sp³-hybridized carbons (Fsp3) is 0.360. The first-order valence-electron chi connectivity index (χ1n) is 10.9. The van der Waals surface area contributed by atoms with Crippen molar-refractivity contribution in [2.45, 2.75) is 51.9 Å². The Morgan fingerprint density at radius 1 is 1.06 bits per heavy atom. The minimum atomic E-state index is -4.55. The predicted molar refractivity (Wildman–Crippen MR) is 120 cm³/mol. The Morgan fingerprint density at radius 2 is 1.76 bits per heavy atom. The summed E-state index contributed by atoms with van der Waals surface area (Å²) in [4.78, 5) is 13.0. The molecular weight excluding hydrogens is 431 g/mol. The van der Waals surface area contributed by atoms with E-state index in [1.807, 2.05) is 43.3 Å². The van der Waals surface area contributed by atoms with Crippen LogP contribution >= 0.6 is 0 Å². The molecule has 0 amide bonds. The topological polar surface area (TPSA) is 71.0 Å². The Kier molecular flexibility index (Phi) is 7.77. The second-order valence-corrected chi connectivity index (χ2v) is 7.88. The van der Waals surface area contributed by atoms with Crippen LogP contribution in [0.1, 0.15) is 42.1 Å². The minimum Gasteiger partial charge on any atom is -0.394 e. The number of hydrogen-bond acceptors (Lipinski definition) is 3. The molecule has 0 saturated heterocycles. The highest BCUT2D eigenvalue weighted by Gasteiger charge is 2.32. The molecule has 0 radical (unpaired) electrons. The summed E-state index contributed by atoms with van der Waals surface area (Å²) < 4.78 is 41.5. The van der Waals surface area contributed by atoms with Gasteiger partial charge in [0.15, 0.2) is 0 Å². The van der Waals surface area contributed by atoms with E-state index in [0.717, 1.165) is 29.5 Å². The van der Waals surface area contributed by atoms with Gasteiger partial charge in [-0.2, -0.15) is 18.4 Å². The number of hydrogen-bond donors (Lipinski definition) is 1. The lowest BCUT2D eigenvalue weighted by Crippen LogP contribution is -2.32. The van der Waals surface area contributed by atoms with Gasteiger partial charge in [0.1, 0.15) is 6.54 Å². The van der Waals surface area contributed by atoms with Crippen molar-refractivity contribution in [2.75, 3.05) is 6.61 Å². The van der Waals surface area contributed by atoms with Gasteiger partial charge in [-0.1, -0.05) is 55.8 Å². The van der Waals surface area contributed by atoms with Crippen LogP contribution in [0.4, 0.5) is 13.2 Å². The molecule has 2 aromatic carbocycles. The molecule has 0 bridgehead atoms. The summed E-state index contributed by atoms with van der Waals surface area (Å²) in [6.07, 6.45) is -2.36. The number of halogens is 3. The van der Waals surface area contributed by atoms with Crippen LogP contribution in [0, 0.1) is 11.3 Å². The van der Waals surface area contributed by atoms with Crippen LogP contribution in [-0.2, 0) is 25.9 Å². The molecule has 0 spiro atoms. The van der Waals surface area contributed by atoms with Gasteiger partial charge in [0.05, 0.1) is 24.8 Å². The van der Waals surface area contributed by atoms with Gasteiger partial charge in [-0.3, -0.25) is 9.48 Å². The van der Waals surface area contributed by atoms with Crippen molar-refractivity contribution in [3.8, 4) is 17.2 Å². The van der Waals surface area contributed by atoms with Crippen LogP contribution in [-0.4, -0.2) is 27.3 Å². The summed E-state index contributed by atoms with van der Waals surface area (Å²) in [5, 5.41) is 18.7. The smallest absolute Gasteiger partial charge is 0.394 e. The molecule has 0 unspecified atom stereocenters. The number of unbranched alkanes of at least 4 members (excludes halogenated alkanes) is 1. The van der Waals surface area contributed by atoms with Gasteiger partial charge in [-0.05, 0) is 35.6 Å². The highest BCUT2D eigenvalue weighted by Crippen LogP contribution is 2.25. The Morgan fingerprint density at radius 3 is 2.36 bits per heavy atom. The van der Waals surface area contributed by atoms with E-state index in [0.29, 0.717) is 27.9 Å². The molecule has 1 N–H and O–H groups in total. The number of rotatable bonds is 9. The molecule has 33 heavy (non-hydrogen) atoms. The number of nitriles is 1. The molecule has 0 aliphatic heterocycles. The Hall–Kier alpha value is -3.31. The molecule has 5 nitrogen and oxygen atoms in total. The van der Waals surface area contributed by atoms with E-state index < -0.39 is 18.3 Å². The summed E-state index contributed by atoms with van der Waals surface area (Å²) in [5.74, 6) is 0. The summed E-state index contributed by atoms with van der Waals surface area (Å²) in [5.41, 5.74) is 3.15. The van der Waals surface area contributed by atoms with Gasteiger partial charge >= 0.3 is 6.18 Å². The molecule has 0 saturated carbocycles. The Labute approximate surface area is 190 Å². The SMILES string of the molecule is CCCCc1c(Cc2ccc(-c3ccccc3C#N)cc2)c(=O)n(CC(F)(F)F)n1CCO. The van der Waals surface area contributed by atoms with E-state index in [4.69, 9.17) is 0 Å². The van der Waals surface area contributed by atoms with Gasteiger partial charge < -0.3 is 5.11 Å². The molecule has 3 aromatic rings. The number of aliphatic hydroxyl groups is 1.